The molecule has 0 unspecified atom stereocenters. The van der Waals surface area contributed by atoms with Gasteiger partial charge >= 0.3 is 0 Å². The van der Waals surface area contributed by atoms with E-state index >= 15 is 0 Å². The van der Waals surface area contributed by atoms with Crippen molar-refractivity contribution in [3.63, 3.8) is 0 Å². The van der Waals surface area contributed by atoms with Crippen molar-refractivity contribution in [2.24, 2.45) is 0 Å². The van der Waals surface area contributed by atoms with Crippen LogP contribution in [0.25, 0.3) is 0 Å². The molecule has 0 N–H and O–H groups in total. The molecule has 0 spiro atoms. The predicted molar refractivity (Wildman–Crippen MR) is 63.9 cm³/mol. The number of benzene rings is 1. The number of hydrogen-bond acceptors (Lipinski definition) is 2. The van der Waals surface area contributed by atoms with Crippen LogP contribution in [0.1, 0.15) is 49.4 Å². The molecule has 0 aliphatic heterocycles. The topological polar surface area (TPSA) is 26.3 Å². The van der Waals surface area contributed by atoms with E-state index in [0.717, 1.165) is 12.8 Å². The van der Waals surface area contributed by atoms with Gasteiger partial charge in [-0.15, -0.1) is 0 Å². The summed E-state index contributed by atoms with van der Waals surface area (Å²) in [7, 11) is 0. The van der Waals surface area contributed by atoms with Crippen LogP contribution in [-0.4, -0.2) is 11.9 Å². The van der Waals surface area contributed by atoms with Crippen LogP contribution in [0.15, 0.2) is 18.2 Å². The van der Waals surface area contributed by atoms with Crippen molar-refractivity contribution in [3.8, 4) is 5.75 Å². The second kappa shape index (κ2) is 5.30. The molecule has 1 aliphatic carbocycles. The molecule has 0 bridgehead atoms. The predicted octanol–water partition coefficient (Wildman–Crippen LogP) is 3.74. The molecule has 1 fully saturated rings. The van der Waals surface area contributed by atoms with E-state index in [1.165, 1.54) is 38.3 Å². The largest absolute Gasteiger partial charge is 0.490 e. The van der Waals surface area contributed by atoms with Crippen molar-refractivity contribution >= 4 is 5.78 Å². The molecule has 1 aromatic carbocycles. The SMILES string of the molecule is CC(=O)c1ccc(OC2CCCCC2)cc1F. The van der Waals surface area contributed by atoms with Crippen molar-refractivity contribution in [2.75, 3.05) is 0 Å². The molecule has 2 nitrogen and oxygen atoms in total. The van der Waals surface area contributed by atoms with Gasteiger partial charge in [-0.2, -0.15) is 0 Å². The average molecular weight is 236 g/mol. The number of hydrogen-bond donors (Lipinski definition) is 0. The summed E-state index contributed by atoms with van der Waals surface area (Å²) in [5.41, 5.74) is 0.126. The van der Waals surface area contributed by atoms with Gasteiger partial charge in [-0.1, -0.05) is 6.42 Å². The van der Waals surface area contributed by atoms with Crippen LogP contribution in [0.3, 0.4) is 0 Å². The Bertz CT molecular complexity index is 409. The van der Waals surface area contributed by atoms with E-state index in [2.05, 4.69) is 0 Å². The van der Waals surface area contributed by atoms with E-state index in [0.29, 0.717) is 5.75 Å². The lowest BCUT2D eigenvalue weighted by molar-refractivity contribution is 0.101. The number of carbonyl (C=O) groups excluding carboxylic acids is 1. The van der Waals surface area contributed by atoms with Gasteiger partial charge in [0.1, 0.15) is 11.6 Å². The molecule has 2 rings (SSSR count). The molecule has 0 aromatic heterocycles. The summed E-state index contributed by atoms with van der Waals surface area (Å²) in [5.74, 6) is -0.225. The highest BCUT2D eigenvalue weighted by atomic mass is 19.1. The maximum absolute atomic E-state index is 13.6. The second-order valence-corrected chi connectivity index (χ2v) is 4.58. The molecule has 92 valence electrons. The van der Waals surface area contributed by atoms with Crippen molar-refractivity contribution < 1.29 is 13.9 Å². The molecule has 0 radical (unpaired) electrons. The lowest BCUT2D eigenvalue weighted by Crippen LogP contribution is -2.19. The van der Waals surface area contributed by atoms with Crippen LogP contribution in [0.5, 0.6) is 5.75 Å². The van der Waals surface area contributed by atoms with Gasteiger partial charge in [-0.05, 0) is 44.7 Å². The van der Waals surface area contributed by atoms with Gasteiger partial charge in [0, 0.05) is 6.07 Å². The van der Waals surface area contributed by atoms with Gasteiger partial charge in [0.2, 0.25) is 0 Å². The smallest absolute Gasteiger partial charge is 0.162 e. The van der Waals surface area contributed by atoms with Crippen molar-refractivity contribution in [1.29, 1.82) is 0 Å². The zero-order chi connectivity index (χ0) is 12.3. The Morgan fingerprint density at radius 1 is 1.29 bits per heavy atom. The molecule has 1 aromatic rings. The number of ketones is 1. The highest BCUT2D eigenvalue weighted by Gasteiger charge is 2.16. The normalized spacial score (nSPS) is 16.8. The molecule has 1 saturated carbocycles. The standard InChI is InChI=1S/C14H17FO2/c1-10(16)13-8-7-12(9-14(13)15)17-11-5-3-2-4-6-11/h7-9,11H,2-6H2,1H3. The first-order chi connectivity index (χ1) is 8.16. The summed E-state index contributed by atoms with van der Waals surface area (Å²) in [6, 6.07) is 4.48. The Balaban J connectivity index is 2.06. The number of rotatable bonds is 3. The van der Waals surface area contributed by atoms with Gasteiger partial charge in [0.15, 0.2) is 5.78 Å². The molecule has 3 heteroatoms. The molecular weight excluding hydrogens is 219 g/mol. The number of ether oxygens (including phenoxy) is 1. The van der Waals surface area contributed by atoms with Gasteiger partial charge < -0.3 is 4.74 Å². The van der Waals surface area contributed by atoms with Gasteiger partial charge in [0.25, 0.3) is 0 Å². The summed E-state index contributed by atoms with van der Waals surface area (Å²) in [6.45, 7) is 1.36. The van der Waals surface area contributed by atoms with Gasteiger partial charge in [0.05, 0.1) is 11.7 Å². The van der Waals surface area contributed by atoms with Crippen LogP contribution < -0.4 is 4.74 Å². The van der Waals surface area contributed by atoms with E-state index in [1.807, 2.05) is 0 Å². The highest BCUT2D eigenvalue weighted by Crippen LogP contribution is 2.24. The summed E-state index contributed by atoms with van der Waals surface area (Å²) in [4.78, 5) is 11.1. The molecule has 0 saturated heterocycles. The van der Waals surface area contributed by atoms with Crippen LogP contribution in [-0.2, 0) is 0 Å². The van der Waals surface area contributed by atoms with E-state index < -0.39 is 5.82 Å². The van der Waals surface area contributed by atoms with E-state index in [9.17, 15) is 9.18 Å². The fourth-order valence-electron chi connectivity index (χ4n) is 2.23. The first-order valence-corrected chi connectivity index (χ1v) is 6.14. The summed E-state index contributed by atoms with van der Waals surface area (Å²) in [6.07, 6.45) is 5.90. The van der Waals surface area contributed by atoms with Crippen LogP contribution in [0, 0.1) is 5.82 Å². The minimum Gasteiger partial charge on any atom is -0.490 e. The fraction of sp³-hybridized carbons (Fsp3) is 0.500. The van der Waals surface area contributed by atoms with Gasteiger partial charge in [-0.25, -0.2) is 4.39 Å². The average Bonchev–Trinajstić information content (AvgIpc) is 2.30. The maximum Gasteiger partial charge on any atom is 0.162 e. The van der Waals surface area contributed by atoms with E-state index in [1.54, 1.807) is 6.07 Å². The van der Waals surface area contributed by atoms with Crippen molar-refractivity contribution in [1.82, 2.24) is 0 Å². The molecular formula is C14H17FO2. The Morgan fingerprint density at radius 2 is 2.00 bits per heavy atom. The molecule has 0 heterocycles. The first-order valence-electron chi connectivity index (χ1n) is 6.14. The van der Waals surface area contributed by atoms with E-state index in [4.69, 9.17) is 4.74 Å². The van der Waals surface area contributed by atoms with Crippen LogP contribution in [0.2, 0.25) is 0 Å². The molecule has 0 atom stereocenters. The lowest BCUT2D eigenvalue weighted by Gasteiger charge is -2.23. The minimum absolute atomic E-state index is 0.126. The summed E-state index contributed by atoms with van der Waals surface area (Å²) >= 11 is 0. The molecule has 17 heavy (non-hydrogen) atoms. The summed E-state index contributed by atoms with van der Waals surface area (Å²) < 4.78 is 19.3. The van der Waals surface area contributed by atoms with Crippen LogP contribution >= 0.6 is 0 Å². The minimum atomic E-state index is -0.495. The van der Waals surface area contributed by atoms with Crippen molar-refractivity contribution in [2.45, 2.75) is 45.1 Å². The maximum atomic E-state index is 13.6. The Morgan fingerprint density at radius 3 is 2.59 bits per heavy atom. The Kier molecular flexibility index (Phi) is 3.77. The fourth-order valence-corrected chi connectivity index (χ4v) is 2.23. The zero-order valence-electron chi connectivity index (χ0n) is 10.0. The van der Waals surface area contributed by atoms with E-state index in [-0.39, 0.29) is 17.5 Å². The van der Waals surface area contributed by atoms with Crippen molar-refractivity contribution in [3.05, 3.63) is 29.6 Å². The third kappa shape index (κ3) is 3.05. The Labute approximate surface area is 101 Å². The Hall–Kier alpha value is -1.38. The monoisotopic (exact) mass is 236 g/mol. The quantitative estimate of drug-likeness (QED) is 0.747. The second-order valence-electron chi connectivity index (χ2n) is 4.58. The summed E-state index contributed by atoms with van der Waals surface area (Å²) in [5, 5.41) is 0. The van der Waals surface area contributed by atoms with Gasteiger partial charge in [-0.3, -0.25) is 4.79 Å². The molecule has 0 amide bonds. The van der Waals surface area contributed by atoms with Crippen LogP contribution in [0.4, 0.5) is 4.39 Å². The number of carbonyl (C=O) groups is 1. The highest BCUT2D eigenvalue weighted by molar-refractivity contribution is 5.94. The zero-order valence-corrected chi connectivity index (χ0v) is 10.0. The number of halogens is 1. The number of Topliss-reactive ketones (excluding diaryl/α,β-unsaturated/α-hetero) is 1. The first kappa shape index (κ1) is 12.1. The third-order valence-electron chi connectivity index (χ3n) is 3.17. The molecule has 1 aliphatic rings. The lowest BCUT2D eigenvalue weighted by atomic mass is 9.98. The third-order valence-corrected chi connectivity index (χ3v) is 3.17.